The van der Waals surface area contributed by atoms with Crippen molar-refractivity contribution in [2.75, 3.05) is 26.2 Å². The summed E-state index contributed by atoms with van der Waals surface area (Å²) in [7, 11) is 0. The SMILES string of the molecule is CCCN(CC(=O)NC(=O)NCCc1cccs1)CC1CC1. The van der Waals surface area contributed by atoms with E-state index in [2.05, 4.69) is 22.5 Å². The van der Waals surface area contributed by atoms with Gasteiger partial charge in [-0.1, -0.05) is 13.0 Å². The largest absolute Gasteiger partial charge is 0.337 e. The minimum Gasteiger partial charge on any atom is -0.337 e. The molecule has 1 aromatic heterocycles. The number of amides is 3. The molecule has 1 fully saturated rings. The molecule has 1 aliphatic carbocycles. The Balaban J connectivity index is 1.62. The number of hydrogen-bond donors (Lipinski definition) is 2. The second-order valence-corrected chi connectivity index (χ2v) is 6.84. The molecular formula is C16H25N3O2S. The van der Waals surface area contributed by atoms with E-state index in [0.717, 1.165) is 31.8 Å². The quantitative estimate of drug-likeness (QED) is 0.733. The fraction of sp³-hybridized carbons (Fsp3) is 0.625. The van der Waals surface area contributed by atoms with Gasteiger partial charge in [-0.05, 0) is 49.6 Å². The molecule has 1 aromatic rings. The van der Waals surface area contributed by atoms with Crippen LogP contribution in [-0.4, -0.2) is 43.0 Å². The van der Waals surface area contributed by atoms with Crippen LogP contribution in [0.5, 0.6) is 0 Å². The van der Waals surface area contributed by atoms with Gasteiger partial charge in [0.25, 0.3) is 0 Å². The first-order valence-corrected chi connectivity index (χ1v) is 8.87. The Labute approximate surface area is 136 Å². The lowest BCUT2D eigenvalue weighted by molar-refractivity contribution is -0.121. The van der Waals surface area contributed by atoms with E-state index in [1.807, 2.05) is 17.5 Å². The van der Waals surface area contributed by atoms with E-state index in [0.29, 0.717) is 13.1 Å². The number of rotatable bonds is 9. The third-order valence-corrected chi connectivity index (χ3v) is 4.55. The zero-order chi connectivity index (χ0) is 15.8. The van der Waals surface area contributed by atoms with Gasteiger partial charge in [-0.25, -0.2) is 4.79 Å². The smallest absolute Gasteiger partial charge is 0.321 e. The number of thiophene rings is 1. The molecule has 122 valence electrons. The second-order valence-electron chi connectivity index (χ2n) is 5.81. The van der Waals surface area contributed by atoms with Crippen LogP contribution < -0.4 is 10.6 Å². The Morgan fingerprint density at radius 2 is 2.23 bits per heavy atom. The van der Waals surface area contributed by atoms with E-state index in [4.69, 9.17) is 0 Å². The molecule has 1 heterocycles. The molecule has 0 spiro atoms. The van der Waals surface area contributed by atoms with Crippen molar-refractivity contribution in [3.05, 3.63) is 22.4 Å². The highest BCUT2D eigenvalue weighted by Gasteiger charge is 2.25. The molecule has 1 saturated carbocycles. The normalized spacial score (nSPS) is 14.1. The topological polar surface area (TPSA) is 61.4 Å². The Bertz CT molecular complexity index is 472. The van der Waals surface area contributed by atoms with Gasteiger partial charge in [0.1, 0.15) is 0 Å². The van der Waals surface area contributed by atoms with Gasteiger partial charge in [-0.15, -0.1) is 11.3 Å². The summed E-state index contributed by atoms with van der Waals surface area (Å²) in [5.41, 5.74) is 0. The number of nitrogens with one attached hydrogen (secondary N) is 2. The van der Waals surface area contributed by atoms with Crippen molar-refractivity contribution in [1.82, 2.24) is 15.5 Å². The maximum absolute atomic E-state index is 11.9. The van der Waals surface area contributed by atoms with Crippen LogP contribution in [0.1, 0.15) is 31.1 Å². The highest BCUT2D eigenvalue weighted by Crippen LogP contribution is 2.29. The number of nitrogens with zero attached hydrogens (tertiary/aromatic N) is 1. The van der Waals surface area contributed by atoms with E-state index < -0.39 is 6.03 Å². The van der Waals surface area contributed by atoms with Gasteiger partial charge >= 0.3 is 6.03 Å². The van der Waals surface area contributed by atoms with Gasteiger partial charge in [0.2, 0.25) is 5.91 Å². The number of hydrogen-bond acceptors (Lipinski definition) is 4. The summed E-state index contributed by atoms with van der Waals surface area (Å²) in [6.45, 7) is 4.84. The number of carbonyl (C=O) groups is 2. The summed E-state index contributed by atoms with van der Waals surface area (Å²) in [6.07, 6.45) is 4.35. The number of carbonyl (C=O) groups excluding carboxylic acids is 2. The maximum atomic E-state index is 11.9. The van der Waals surface area contributed by atoms with Crippen molar-refractivity contribution < 1.29 is 9.59 Å². The fourth-order valence-electron chi connectivity index (χ4n) is 2.38. The van der Waals surface area contributed by atoms with Crippen LogP contribution in [-0.2, 0) is 11.2 Å². The molecule has 5 nitrogen and oxygen atoms in total. The fourth-order valence-corrected chi connectivity index (χ4v) is 3.09. The van der Waals surface area contributed by atoms with Gasteiger partial charge in [-0.2, -0.15) is 0 Å². The van der Waals surface area contributed by atoms with Crippen LogP contribution in [0, 0.1) is 5.92 Å². The highest BCUT2D eigenvalue weighted by atomic mass is 32.1. The van der Waals surface area contributed by atoms with E-state index in [1.165, 1.54) is 17.7 Å². The first kappa shape index (κ1) is 17.0. The minimum absolute atomic E-state index is 0.220. The standard InChI is InChI=1S/C16H25N3O2S/c1-2-9-19(11-13-5-6-13)12-15(20)18-16(21)17-8-7-14-4-3-10-22-14/h3-4,10,13H,2,5-9,11-12H2,1H3,(H2,17,18,20,21). The third-order valence-electron chi connectivity index (χ3n) is 3.61. The molecule has 0 aromatic carbocycles. The molecule has 3 amide bonds. The minimum atomic E-state index is -0.399. The van der Waals surface area contributed by atoms with Crippen molar-refractivity contribution in [2.45, 2.75) is 32.6 Å². The van der Waals surface area contributed by atoms with Crippen molar-refractivity contribution in [3.8, 4) is 0 Å². The molecule has 2 N–H and O–H groups in total. The predicted octanol–water partition coefficient (Wildman–Crippen LogP) is 2.24. The molecule has 0 atom stereocenters. The van der Waals surface area contributed by atoms with Gasteiger partial charge in [0.15, 0.2) is 0 Å². The summed E-state index contributed by atoms with van der Waals surface area (Å²) < 4.78 is 0. The second kappa shape index (κ2) is 8.90. The molecule has 0 radical (unpaired) electrons. The summed E-state index contributed by atoms with van der Waals surface area (Å²) in [5, 5.41) is 7.16. The zero-order valence-corrected chi connectivity index (χ0v) is 14.0. The van der Waals surface area contributed by atoms with Crippen molar-refractivity contribution in [3.63, 3.8) is 0 Å². The Morgan fingerprint density at radius 1 is 1.41 bits per heavy atom. The molecule has 0 unspecified atom stereocenters. The molecular weight excluding hydrogens is 298 g/mol. The van der Waals surface area contributed by atoms with E-state index in [9.17, 15) is 9.59 Å². The van der Waals surface area contributed by atoms with Crippen molar-refractivity contribution >= 4 is 23.3 Å². The monoisotopic (exact) mass is 323 g/mol. The van der Waals surface area contributed by atoms with E-state index in [-0.39, 0.29) is 5.91 Å². The molecule has 1 aliphatic rings. The summed E-state index contributed by atoms with van der Waals surface area (Å²) in [6, 6.07) is 3.63. The van der Waals surface area contributed by atoms with E-state index in [1.54, 1.807) is 11.3 Å². The summed E-state index contributed by atoms with van der Waals surface area (Å²) >= 11 is 1.67. The third kappa shape index (κ3) is 6.58. The lowest BCUT2D eigenvalue weighted by Crippen LogP contribution is -2.45. The van der Waals surface area contributed by atoms with Crippen LogP contribution in [0.25, 0.3) is 0 Å². The van der Waals surface area contributed by atoms with Crippen LogP contribution in [0.3, 0.4) is 0 Å². The molecule has 6 heteroatoms. The Hall–Kier alpha value is -1.40. The zero-order valence-electron chi connectivity index (χ0n) is 13.1. The van der Waals surface area contributed by atoms with Gasteiger partial charge in [0, 0.05) is 18.0 Å². The van der Waals surface area contributed by atoms with Gasteiger partial charge in [0.05, 0.1) is 6.54 Å². The molecule has 22 heavy (non-hydrogen) atoms. The first-order chi connectivity index (χ1) is 10.7. The molecule has 0 aliphatic heterocycles. The van der Waals surface area contributed by atoms with Crippen molar-refractivity contribution in [1.29, 1.82) is 0 Å². The summed E-state index contributed by atoms with van der Waals surface area (Å²) in [4.78, 5) is 27.0. The average Bonchev–Trinajstić information content (AvgIpc) is 3.12. The van der Waals surface area contributed by atoms with Crippen LogP contribution in [0.4, 0.5) is 4.79 Å². The first-order valence-electron chi connectivity index (χ1n) is 7.99. The predicted molar refractivity (Wildman–Crippen MR) is 89.0 cm³/mol. The average molecular weight is 323 g/mol. The van der Waals surface area contributed by atoms with Crippen LogP contribution in [0.15, 0.2) is 17.5 Å². The summed E-state index contributed by atoms with van der Waals surface area (Å²) in [5.74, 6) is 0.529. The lowest BCUT2D eigenvalue weighted by atomic mass is 10.3. The number of urea groups is 1. The molecule has 0 bridgehead atoms. The van der Waals surface area contributed by atoms with E-state index >= 15 is 0 Å². The maximum Gasteiger partial charge on any atom is 0.321 e. The lowest BCUT2D eigenvalue weighted by Gasteiger charge is -2.20. The van der Waals surface area contributed by atoms with Crippen molar-refractivity contribution in [2.24, 2.45) is 5.92 Å². The Morgan fingerprint density at radius 3 is 2.86 bits per heavy atom. The van der Waals surface area contributed by atoms with Crippen LogP contribution >= 0.6 is 11.3 Å². The molecule has 0 saturated heterocycles. The van der Waals surface area contributed by atoms with Crippen LogP contribution in [0.2, 0.25) is 0 Å². The van der Waals surface area contributed by atoms with Gasteiger partial charge in [-0.3, -0.25) is 15.0 Å². The number of imide groups is 1. The van der Waals surface area contributed by atoms with Gasteiger partial charge < -0.3 is 5.32 Å². The highest BCUT2D eigenvalue weighted by molar-refractivity contribution is 7.09. The Kier molecular flexibility index (Phi) is 6.86. The molecule has 2 rings (SSSR count).